The molecular formula is C22H28N2O4. The van der Waals surface area contributed by atoms with Crippen LogP contribution in [0.15, 0.2) is 48.8 Å². The molecule has 6 nitrogen and oxygen atoms in total. The van der Waals surface area contributed by atoms with E-state index in [0.717, 1.165) is 18.7 Å². The summed E-state index contributed by atoms with van der Waals surface area (Å²) in [5, 5.41) is 10.2. The molecule has 1 unspecified atom stereocenters. The maximum Gasteiger partial charge on any atom is 0.187 e. The van der Waals surface area contributed by atoms with Gasteiger partial charge in [-0.05, 0) is 49.0 Å². The maximum atomic E-state index is 12.2. The normalized spacial score (nSPS) is 12.3. The molecule has 28 heavy (non-hydrogen) atoms. The van der Waals surface area contributed by atoms with Gasteiger partial charge in [-0.15, -0.1) is 0 Å². The smallest absolute Gasteiger partial charge is 0.187 e. The summed E-state index contributed by atoms with van der Waals surface area (Å²) in [6.07, 6.45) is 5.77. The summed E-state index contributed by atoms with van der Waals surface area (Å²) >= 11 is 0. The first kappa shape index (κ1) is 21.6. The molecule has 1 heterocycles. The van der Waals surface area contributed by atoms with Gasteiger partial charge in [0.2, 0.25) is 0 Å². The van der Waals surface area contributed by atoms with E-state index in [1.54, 1.807) is 43.6 Å². The number of pyridine rings is 1. The minimum atomic E-state index is -0.601. The van der Waals surface area contributed by atoms with Crippen LogP contribution in [-0.4, -0.2) is 60.2 Å². The van der Waals surface area contributed by atoms with Crippen LogP contribution in [0.2, 0.25) is 0 Å². The zero-order valence-electron chi connectivity index (χ0n) is 16.7. The van der Waals surface area contributed by atoms with Crippen LogP contribution in [0.5, 0.6) is 11.5 Å². The first-order chi connectivity index (χ1) is 13.6. The van der Waals surface area contributed by atoms with E-state index < -0.39 is 6.10 Å². The SMILES string of the molecule is CCN(CC)CC(O)COc1cc(/C=C/C(=O)c2cccnc2)ccc1OC. The van der Waals surface area contributed by atoms with Gasteiger partial charge >= 0.3 is 0 Å². The van der Waals surface area contributed by atoms with Crippen molar-refractivity contribution in [1.82, 2.24) is 9.88 Å². The number of carbonyl (C=O) groups is 1. The van der Waals surface area contributed by atoms with E-state index in [1.165, 1.54) is 12.3 Å². The number of nitrogens with zero attached hydrogens (tertiary/aromatic N) is 2. The third-order valence-electron chi connectivity index (χ3n) is 4.36. The highest BCUT2D eigenvalue weighted by molar-refractivity contribution is 6.06. The minimum absolute atomic E-state index is 0.124. The Morgan fingerprint density at radius 3 is 2.68 bits per heavy atom. The van der Waals surface area contributed by atoms with Crippen molar-refractivity contribution in [1.29, 1.82) is 0 Å². The molecule has 0 saturated carbocycles. The van der Waals surface area contributed by atoms with Gasteiger partial charge in [-0.3, -0.25) is 9.78 Å². The monoisotopic (exact) mass is 384 g/mol. The summed E-state index contributed by atoms with van der Waals surface area (Å²) in [6, 6.07) is 8.85. The number of allylic oxidation sites excluding steroid dienone is 1. The molecule has 2 aromatic rings. The molecule has 0 radical (unpaired) electrons. The van der Waals surface area contributed by atoms with Crippen LogP contribution in [0, 0.1) is 0 Å². The molecule has 0 saturated heterocycles. The summed E-state index contributed by atoms with van der Waals surface area (Å²) in [5.41, 5.74) is 1.33. The Morgan fingerprint density at radius 2 is 2.04 bits per heavy atom. The number of ketones is 1. The average molecular weight is 384 g/mol. The van der Waals surface area contributed by atoms with Crippen LogP contribution in [0.1, 0.15) is 29.8 Å². The Labute approximate surface area is 166 Å². The number of methoxy groups -OCH3 is 1. The van der Waals surface area contributed by atoms with Gasteiger partial charge in [-0.25, -0.2) is 0 Å². The lowest BCUT2D eigenvalue weighted by molar-refractivity contribution is 0.0706. The Kier molecular flexibility index (Phi) is 8.65. The van der Waals surface area contributed by atoms with Crippen molar-refractivity contribution >= 4 is 11.9 Å². The number of carbonyl (C=O) groups excluding carboxylic acids is 1. The molecule has 1 aromatic heterocycles. The van der Waals surface area contributed by atoms with Gasteiger partial charge in [0.05, 0.1) is 7.11 Å². The van der Waals surface area contributed by atoms with Crippen LogP contribution < -0.4 is 9.47 Å². The van der Waals surface area contributed by atoms with Gasteiger partial charge in [0.1, 0.15) is 12.7 Å². The minimum Gasteiger partial charge on any atom is -0.493 e. The van der Waals surface area contributed by atoms with E-state index in [1.807, 2.05) is 6.07 Å². The van der Waals surface area contributed by atoms with Gasteiger partial charge in [0.15, 0.2) is 17.3 Å². The maximum absolute atomic E-state index is 12.2. The van der Waals surface area contributed by atoms with Gasteiger partial charge in [0, 0.05) is 24.5 Å². The highest BCUT2D eigenvalue weighted by Crippen LogP contribution is 2.28. The zero-order chi connectivity index (χ0) is 20.4. The number of likely N-dealkylation sites (N-methyl/N-ethyl adjacent to an activating group) is 1. The van der Waals surface area contributed by atoms with Crippen LogP contribution in [0.3, 0.4) is 0 Å². The molecule has 0 amide bonds. The molecule has 0 aliphatic rings. The van der Waals surface area contributed by atoms with Crippen molar-refractivity contribution in [2.75, 3.05) is 33.4 Å². The molecule has 6 heteroatoms. The lowest BCUT2D eigenvalue weighted by Gasteiger charge is -2.22. The Bertz CT molecular complexity index is 773. The number of aliphatic hydroxyl groups excluding tert-OH is 1. The van der Waals surface area contributed by atoms with E-state index in [4.69, 9.17) is 9.47 Å². The van der Waals surface area contributed by atoms with E-state index in [-0.39, 0.29) is 12.4 Å². The topological polar surface area (TPSA) is 71.9 Å². The summed E-state index contributed by atoms with van der Waals surface area (Å²) in [4.78, 5) is 18.3. The number of rotatable bonds is 11. The lowest BCUT2D eigenvalue weighted by atomic mass is 10.1. The van der Waals surface area contributed by atoms with Crippen LogP contribution in [-0.2, 0) is 0 Å². The summed E-state index contributed by atoms with van der Waals surface area (Å²) < 4.78 is 11.1. The molecule has 1 aromatic carbocycles. The predicted molar refractivity (Wildman–Crippen MR) is 110 cm³/mol. The van der Waals surface area contributed by atoms with Crippen LogP contribution in [0.4, 0.5) is 0 Å². The quantitative estimate of drug-likeness (QED) is 0.474. The second-order valence-electron chi connectivity index (χ2n) is 6.30. The largest absolute Gasteiger partial charge is 0.493 e. The molecule has 1 N–H and O–H groups in total. The van der Waals surface area contributed by atoms with Crippen LogP contribution in [0.25, 0.3) is 6.08 Å². The van der Waals surface area contributed by atoms with Gasteiger partial charge in [-0.2, -0.15) is 0 Å². The second-order valence-corrected chi connectivity index (χ2v) is 6.30. The number of hydrogen-bond acceptors (Lipinski definition) is 6. The van der Waals surface area contributed by atoms with Crippen molar-refractivity contribution < 1.29 is 19.4 Å². The highest BCUT2D eigenvalue weighted by atomic mass is 16.5. The first-order valence-corrected chi connectivity index (χ1v) is 9.41. The van der Waals surface area contributed by atoms with Gasteiger partial charge in [-0.1, -0.05) is 26.0 Å². The molecule has 0 fully saturated rings. The molecule has 2 rings (SSSR count). The van der Waals surface area contributed by atoms with E-state index in [2.05, 4.69) is 23.7 Å². The van der Waals surface area contributed by atoms with Crippen LogP contribution >= 0.6 is 0 Å². The molecule has 1 atom stereocenters. The summed E-state index contributed by atoms with van der Waals surface area (Å²) in [6.45, 7) is 6.58. The van der Waals surface area contributed by atoms with Crippen molar-refractivity contribution in [3.63, 3.8) is 0 Å². The summed E-state index contributed by atoms with van der Waals surface area (Å²) in [7, 11) is 1.57. The Balaban J connectivity index is 2.04. The van der Waals surface area contributed by atoms with Crippen molar-refractivity contribution in [3.8, 4) is 11.5 Å². The average Bonchev–Trinajstić information content (AvgIpc) is 2.74. The Morgan fingerprint density at radius 1 is 1.25 bits per heavy atom. The van der Waals surface area contributed by atoms with Crippen molar-refractivity contribution in [3.05, 3.63) is 59.9 Å². The lowest BCUT2D eigenvalue weighted by Crippen LogP contribution is -2.35. The van der Waals surface area contributed by atoms with Gasteiger partial charge in [0.25, 0.3) is 0 Å². The first-order valence-electron chi connectivity index (χ1n) is 9.41. The van der Waals surface area contributed by atoms with E-state index >= 15 is 0 Å². The molecule has 0 spiro atoms. The standard InChI is InChI=1S/C22H28N2O4/c1-4-24(5-2)15-19(25)16-28-22-13-17(9-11-21(22)27-3)8-10-20(26)18-7-6-12-23-14-18/h6-14,19,25H,4-5,15-16H2,1-3H3/b10-8+. The number of ether oxygens (including phenoxy) is 2. The number of aliphatic hydroxyl groups is 1. The fourth-order valence-corrected chi connectivity index (χ4v) is 2.70. The number of benzene rings is 1. The number of aromatic nitrogens is 1. The molecule has 0 aliphatic heterocycles. The summed E-state index contributed by atoms with van der Waals surface area (Å²) in [5.74, 6) is 0.976. The third-order valence-corrected chi connectivity index (χ3v) is 4.36. The third kappa shape index (κ3) is 6.48. The number of hydrogen-bond donors (Lipinski definition) is 1. The molecule has 0 aliphatic carbocycles. The highest BCUT2D eigenvalue weighted by Gasteiger charge is 2.12. The van der Waals surface area contributed by atoms with Crippen molar-refractivity contribution in [2.45, 2.75) is 20.0 Å². The van der Waals surface area contributed by atoms with E-state index in [0.29, 0.717) is 23.6 Å². The Hall–Kier alpha value is -2.70. The van der Waals surface area contributed by atoms with Crippen molar-refractivity contribution in [2.24, 2.45) is 0 Å². The van der Waals surface area contributed by atoms with Gasteiger partial charge < -0.3 is 19.5 Å². The second kappa shape index (κ2) is 11.2. The fraction of sp³-hybridized carbons (Fsp3) is 0.364. The zero-order valence-corrected chi connectivity index (χ0v) is 16.7. The molecule has 0 bridgehead atoms. The van der Waals surface area contributed by atoms with E-state index in [9.17, 15) is 9.90 Å². The molecular weight excluding hydrogens is 356 g/mol. The fourth-order valence-electron chi connectivity index (χ4n) is 2.70. The molecule has 150 valence electrons. The predicted octanol–water partition coefficient (Wildman–Crippen LogP) is 3.07.